The Morgan fingerprint density at radius 2 is 2.23 bits per heavy atom. The summed E-state index contributed by atoms with van der Waals surface area (Å²) in [5.41, 5.74) is 4.28. The highest BCUT2D eigenvalue weighted by Crippen LogP contribution is 2.26. The molecule has 7 nitrogen and oxygen atoms in total. The number of hydrogen-bond donors (Lipinski definition) is 0. The fourth-order valence-electron chi connectivity index (χ4n) is 3.08. The summed E-state index contributed by atoms with van der Waals surface area (Å²) >= 11 is 1.55. The van der Waals surface area contributed by atoms with Gasteiger partial charge in [-0.1, -0.05) is 29.5 Å². The zero-order chi connectivity index (χ0) is 17.9. The zero-order valence-corrected chi connectivity index (χ0v) is 15.7. The van der Waals surface area contributed by atoms with Crippen LogP contribution in [0.25, 0.3) is 11.5 Å². The molecule has 0 N–H and O–H groups in total. The van der Waals surface area contributed by atoms with Crippen molar-refractivity contribution in [2.45, 2.75) is 50.2 Å². The highest BCUT2D eigenvalue weighted by molar-refractivity contribution is 7.98. The van der Waals surface area contributed by atoms with Gasteiger partial charge in [0.15, 0.2) is 0 Å². The number of oxazole rings is 1. The third kappa shape index (κ3) is 3.81. The second-order valence-corrected chi connectivity index (χ2v) is 7.47. The Balaban J connectivity index is 1.41. The molecule has 26 heavy (non-hydrogen) atoms. The second-order valence-electron chi connectivity index (χ2n) is 6.53. The maximum Gasteiger partial charge on any atom is 0.226 e. The Bertz CT molecular complexity index is 885. The predicted octanol–water partition coefficient (Wildman–Crippen LogP) is 3.42. The van der Waals surface area contributed by atoms with E-state index in [4.69, 9.17) is 9.15 Å². The summed E-state index contributed by atoms with van der Waals surface area (Å²) in [4.78, 5) is 4.61. The van der Waals surface area contributed by atoms with Crippen molar-refractivity contribution in [2.24, 2.45) is 0 Å². The van der Waals surface area contributed by atoms with Gasteiger partial charge in [0.25, 0.3) is 0 Å². The molecule has 1 fully saturated rings. The Labute approximate surface area is 156 Å². The van der Waals surface area contributed by atoms with Gasteiger partial charge in [0.2, 0.25) is 11.0 Å². The number of hydrogen-bond acceptors (Lipinski definition) is 7. The first-order chi connectivity index (χ1) is 12.7. The van der Waals surface area contributed by atoms with Crippen LogP contribution in [0, 0.1) is 13.8 Å². The number of aryl methyl sites for hydroxylation is 2. The lowest BCUT2D eigenvalue weighted by Gasteiger charge is -2.09. The smallest absolute Gasteiger partial charge is 0.226 e. The van der Waals surface area contributed by atoms with E-state index in [1.165, 1.54) is 5.56 Å². The molecule has 0 amide bonds. The van der Waals surface area contributed by atoms with Gasteiger partial charge in [-0.05, 0) is 48.7 Å². The van der Waals surface area contributed by atoms with E-state index in [2.05, 4.69) is 52.6 Å². The van der Waals surface area contributed by atoms with Gasteiger partial charge in [-0.3, -0.25) is 0 Å². The lowest BCUT2D eigenvalue weighted by Crippen LogP contribution is -2.16. The van der Waals surface area contributed by atoms with Crippen LogP contribution in [0.3, 0.4) is 0 Å². The molecule has 1 aliphatic rings. The van der Waals surface area contributed by atoms with E-state index in [1.54, 1.807) is 18.0 Å². The van der Waals surface area contributed by atoms with E-state index < -0.39 is 0 Å². The molecule has 0 saturated carbocycles. The van der Waals surface area contributed by atoms with E-state index in [9.17, 15) is 0 Å². The molecule has 0 spiro atoms. The number of rotatable bonds is 6. The van der Waals surface area contributed by atoms with Crippen LogP contribution < -0.4 is 0 Å². The number of benzene rings is 1. The summed E-state index contributed by atoms with van der Waals surface area (Å²) in [7, 11) is 0. The van der Waals surface area contributed by atoms with E-state index in [0.29, 0.717) is 18.2 Å². The van der Waals surface area contributed by atoms with Crippen LogP contribution in [0.5, 0.6) is 0 Å². The summed E-state index contributed by atoms with van der Waals surface area (Å²) in [6.07, 6.45) is 4.08. The van der Waals surface area contributed by atoms with Crippen molar-refractivity contribution in [3.63, 3.8) is 0 Å². The molecule has 1 aromatic carbocycles. The average Bonchev–Trinajstić information content (AvgIpc) is 3.35. The molecule has 0 aliphatic carbocycles. The minimum absolute atomic E-state index is 0.209. The number of ether oxygens (including phenoxy) is 1. The summed E-state index contributed by atoms with van der Waals surface area (Å²) in [5.74, 6) is 1.30. The minimum atomic E-state index is 0.209. The van der Waals surface area contributed by atoms with E-state index in [1.807, 2.05) is 4.68 Å². The van der Waals surface area contributed by atoms with Gasteiger partial charge in [-0.2, -0.15) is 0 Å². The van der Waals surface area contributed by atoms with Gasteiger partial charge < -0.3 is 9.15 Å². The van der Waals surface area contributed by atoms with Gasteiger partial charge in [0.1, 0.15) is 6.26 Å². The van der Waals surface area contributed by atoms with Gasteiger partial charge >= 0.3 is 0 Å². The topological polar surface area (TPSA) is 78.9 Å². The molecule has 0 radical (unpaired) electrons. The Kier molecular flexibility index (Phi) is 5.03. The Morgan fingerprint density at radius 3 is 3.04 bits per heavy atom. The Hall–Kier alpha value is -2.19. The summed E-state index contributed by atoms with van der Waals surface area (Å²) in [6, 6.07) is 6.25. The molecule has 1 saturated heterocycles. The van der Waals surface area contributed by atoms with Crippen molar-refractivity contribution in [2.75, 3.05) is 6.61 Å². The Morgan fingerprint density at radius 1 is 1.31 bits per heavy atom. The molecule has 4 rings (SSSR count). The van der Waals surface area contributed by atoms with Crippen molar-refractivity contribution >= 4 is 11.8 Å². The second kappa shape index (κ2) is 7.59. The van der Waals surface area contributed by atoms with Crippen LogP contribution in [-0.2, 0) is 17.0 Å². The standard InChI is InChI=1S/C18H21N5O2S/c1-12-5-6-16(13(2)8-12)17-19-14(10-25-17)11-26-18-20-21-22-23(18)9-15-4-3-7-24-15/h5-6,8,10,15H,3-4,7,9,11H2,1-2H3/t15-/m0/s1. The van der Waals surface area contributed by atoms with Crippen LogP contribution >= 0.6 is 11.8 Å². The minimum Gasteiger partial charge on any atom is -0.444 e. The molecular weight excluding hydrogens is 350 g/mol. The zero-order valence-electron chi connectivity index (χ0n) is 14.9. The van der Waals surface area contributed by atoms with E-state index in [0.717, 1.165) is 41.4 Å². The van der Waals surface area contributed by atoms with Crippen LogP contribution in [0.15, 0.2) is 34.0 Å². The molecular formula is C18H21N5O2S. The molecule has 2 aromatic heterocycles. The summed E-state index contributed by atoms with van der Waals surface area (Å²) < 4.78 is 13.2. The molecule has 1 aliphatic heterocycles. The van der Waals surface area contributed by atoms with Crippen molar-refractivity contribution < 1.29 is 9.15 Å². The SMILES string of the molecule is Cc1ccc(-c2nc(CSc3nnnn3C[C@@H]3CCCO3)co2)c(C)c1. The first-order valence-corrected chi connectivity index (χ1v) is 9.70. The molecule has 1 atom stereocenters. The van der Waals surface area contributed by atoms with Crippen molar-refractivity contribution in [3.8, 4) is 11.5 Å². The lowest BCUT2D eigenvalue weighted by atomic mass is 10.1. The van der Waals surface area contributed by atoms with Gasteiger partial charge in [-0.15, -0.1) is 5.10 Å². The third-order valence-electron chi connectivity index (χ3n) is 4.41. The third-order valence-corrected chi connectivity index (χ3v) is 5.40. The molecule has 0 bridgehead atoms. The highest BCUT2D eigenvalue weighted by Gasteiger charge is 2.19. The monoisotopic (exact) mass is 371 g/mol. The van der Waals surface area contributed by atoms with Crippen LogP contribution in [0.2, 0.25) is 0 Å². The van der Waals surface area contributed by atoms with Crippen LogP contribution in [-0.4, -0.2) is 37.9 Å². The molecule has 3 heterocycles. The van der Waals surface area contributed by atoms with E-state index >= 15 is 0 Å². The molecule has 0 unspecified atom stereocenters. The number of thioether (sulfide) groups is 1. The quantitative estimate of drug-likeness (QED) is 0.614. The lowest BCUT2D eigenvalue weighted by molar-refractivity contribution is 0.0912. The van der Waals surface area contributed by atoms with Crippen LogP contribution in [0.4, 0.5) is 0 Å². The highest BCUT2D eigenvalue weighted by atomic mass is 32.2. The van der Waals surface area contributed by atoms with Crippen molar-refractivity contribution in [3.05, 3.63) is 41.3 Å². The normalized spacial score (nSPS) is 17.1. The molecule has 136 valence electrons. The summed E-state index contributed by atoms with van der Waals surface area (Å²) in [5, 5.41) is 12.8. The number of tetrazole rings is 1. The van der Waals surface area contributed by atoms with Crippen molar-refractivity contribution in [1.82, 2.24) is 25.2 Å². The molecule has 3 aromatic rings. The van der Waals surface area contributed by atoms with Crippen molar-refractivity contribution in [1.29, 1.82) is 0 Å². The first kappa shape index (κ1) is 17.2. The summed E-state index contributed by atoms with van der Waals surface area (Å²) in [6.45, 7) is 5.67. The van der Waals surface area contributed by atoms with Gasteiger partial charge in [0, 0.05) is 17.9 Å². The van der Waals surface area contributed by atoms with Crippen LogP contribution in [0.1, 0.15) is 29.7 Å². The van der Waals surface area contributed by atoms with Gasteiger partial charge in [0.05, 0.1) is 18.3 Å². The fraction of sp³-hybridized carbons (Fsp3) is 0.444. The largest absolute Gasteiger partial charge is 0.444 e. The van der Waals surface area contributed by atoms with E-state index in [-0.39, 0.29) is 6.10 Å². The fourth-order valence-corrected chi connectivity index (χ4v) is 3.85. The van der Waals surface area contributed by atoms with Gasteiger partial charge in [-0.25, -0.2) is 9.67 Å². The maximum atomic E-state index is 5.68. The number of aromatic nitrogens is 5. The number of nitrogens with zero attached hydrogens (tertiary/aromatic N) is 5. The first-order valence-electron chi connectivity index (χ1n) is 8.71. The molecule has 8 heteroatoms. The average molecular weight is 371 g/mol. The maximum absolute atomic E-state index is 5.68. The predicted molar refractivity (Wildman–Crippen MR) is 97.8 cm³/mol.